The molecule has 7 heteroatoms. The maximum atomic E-state index is 12.0. The van der Waals surface area contributed by atoms with Crippen LogP contribution in [0.4, 0.5) is 0 Å². The van der Waals surface area contributed by atoms with Crippen molar-refractivity contribution in [1.82, 2.24) is 4.90 Å². The fourth-order valence-corrected chi connectivity index (χ4v) is 3.88. The van der Waals surface area contributed by atoms with Crippen molar-refractivity contribution in [2.75, 3.05) is 32.7 Å². The molecule has 0 bridgehead atoms. The van der Waals surface area contributed by atoms with Gasteiger partial charge in [-0.05, 0) is 37.7 Å². The molecule has 90 valence electrons. The highest BCUT2D eigenvalue weighted by Gasteiger charge is 2.21. The fourth-order valence-electron chi connectivity index (χ4n) is 0.988. The quantitative estimate of drug-likeness (QED) is 0.436. The molecular formula is C8H19N2O2PS2. The number of nitrogens with zero attached hydrogens (tertiary/aromatic N) is 2. The molecule has 0 aliphatic rings. The van der Waals surface area contributed by atoms with Crippen LogP contribution in [0.3, 0.4) is 0 Å². The molecule has 0 saturated heterocycles. The lowest BCUT2D eigenvalue weighted by Crippen LogP contribution is -2.27. The summed E-state index contributed by atoms with van der Waals surface area (Å²) in [6, 6.07) is 0. The largest absolute Gasteiger partial charge is 0.373 e. The van der Waals surface area contributed by atoms with E-state index < -0.39 is 6.72 Å². The van der Waals surface area contributed by atoms with Gasteiger partial charge in [0.1, 0.15) is 0 Å². The summed E-state index contributed by atoms with van der Waals surface area (Å²) in [5.74, 6) is 0. The minimum absolute atomic E-state index is 0.777. The lowest BCUT2D eigenvalue weighted by atomic mass is 10.6. The highest BCUT2D eigenvalue weighted by Crippen LogP contribution is 2.59. The molecule has 1 atom stereocenters. The monoisotopic (exact) mass is 270 g/mol. The van der Waals surface area contributed by atoms with Gasteiger partial charge in [0.05, 0.1) is 0 Å². The summed E-state index contributed by atoms with van der Waals surface area (Å²) in [7, 11) is 1.43. The third-order valence-corrected chi connectivity index (χ3v) is 6.17. The molecule has 1 unspecified atom stereocenters. The Kier molecular flexibility index (Phi) is 7.79. The van der Waals surface area contributed by atoms with Crippen molar-refractivity contribution in [3.8, 4) is 0 Å². The Hall–Kier alpha value is 0.360. The summed E-state index contributed by atoms with van der Waals surface area (Å²) < 4.78 is 21.1. The second kappa shape index (κ2) is 7.60. The third-order valence-electron chi connectivity index (χ3n) is 1.89. The predicted octanol–water partition coefficient (Wildman–Crippen LogP) is 3.16. The Labute approximate surface area is 100 Å². The standard InChI is InChI=1S/C8H19N2O2PS2/c1-6-10(7-2)8(14-4)9-13(11,12-3)15-5/h6-7H2,1-5H3. The molecule has 0 N–H and O–H groups in total. The number of amidine groups is 1. The molecule has 0 amide bonds. The van der Waals surface area contributed by atoms with Crippen molar-refractivity contribution in [1.29, 1.82) is 0 Å². The zero-order valence-corrected chi connectivity index (χ0v) is 12.4. The molecule has 0 aromatic rings. The second-order valence-corrected chi connectivity index (χ2v) is 7.71. The van der Waals surface area contributed by atoms with Crippen LogP contribution in [-0.2, 0) is 9.09 Å². The molecule has 0 heterocycles. The van der Waals surface area contributed by atoms with Crippen LogP contribution in [0.15, 0.2) is 4.76 Å². The summed E-state index contributed by atoms with van der Waals surface area (Å²) >= 11 is 2.66. The van der Waals surface area contributed by atoms with Gasteiger partial charge in [0, 0.05) is 20.2 Å². The SMILES string of the molecule is CCN(CC)C(=NP(=O)(OC)SC)SC. The van der Waals surface area contributed by atoms with Crippen LogP contribution in [0.5, 0.6) is 0 Å². The van der Waals surface area contributed by atoms with Crippen LogP contribution in [0.1, 0.15) is 13.8 Å². The minimum Gasteiger partial charge on any atom is -0.352 e. The summed E-state index contributed by atoms with van der Waals surface area (Å²) in [5, 5.41) is 0.777. The fraction of sp³-hybridized carbons (Fsp3) is 0.875. The van der Waals surface area contributed by atoms with Crippen molar-refractivity contribution in [3.05, 3.63) is 0 Å². The van der Waals surface area contributed by atoms with Crippen LogP contribution >= 0.6 is 29.9 Å². The summed E-state index contributed by atoms with van der Waals surface area (Å²) in [6.07, 6.45) is 3.67. The van der Waals surface area contributed by atoms with Gasteiger partial charge < -0.3 is 9.42 Å². The van der Waals surface area contributed by atoms with Gasteiger partial charge in [0.15, 0.2) is 5.17 Å². The Morgan fingerprint density at radius 1 is 1.40 bits per heavy atom. The molecule has 4 nitrogen and oxygen atoms in total. The van der Waals surface area contributed by atoms with E-state index in [0.29, 0.717) is 0 Å². The van der Waals surface area contributed by atoms with Crippen molar-refractivity contribution in [2.24, 2.45) is 4.76 Å². The lowest BCUT2D eigenvalue weighted by Gasteiger charge is -2.22. The van der Waals surface area contributed by atoms with Crippen LogP contribution in [0.25, 0.3) is 0 Å². The summed E-state index contributed by atoms with van der Waals surface area (Å²) in [5.41, 5.74) is 0. The summed E-state index contributed by atoms with van der Waals surface area (Å²) in [4.78, 5) is 2.06. The molecule has 0 aromatic carbocycles. The molecule has 0 aliphatic carbocycles. The van der Waals surface area contributed by atoms with E-state index in [1.807, 2.05) is 20.1 Å². The first-order chi connectivity index (χ1) is 7.06. The molecule has 15 heavy (non-hydrogen) atoms. The Balaban J connectivity index is 4.93. The van der Waals surface area contributed by atoms with Crippen LogP contribution in [-0.4, -0.2) is 42.8 Å². The lowest BCUT2D eigenvalue weighted by molar-refractivity contribution is 0.409. The maximum absolute atomic E-state index is 12.0. The Morgan fingerprint density at radius 3 is 2.20 bits per heavy atom. The van der Waals surface area contributed by atoms with Crippen molar-refractivity contribution < 1.29 is 9.09 Å². The van der Waals surface area contributed by atoms with Crippen molar-refractivity contribution in [3.63, 3.8) is 0 Å². The number of thioether (sulfide) groups is 1. The van der Waals surface area contributed by atoms with Gasteiger partial charge in [0.25, 0.3) is 0 Å². The molecule has 0 aliphatic heterocycles. The third kappa shape index (κ3) is 4.81. The van der Waals surface area contributed by atoms with Gasteiger partial charge in [0.2, 0.25) is 0 Å². The summed E-state index contributed by atoms with van der Waals surface area (Å²) in [6.45, 7) is 2.91. The van der Waals surface area contributed by atoms with Crippen LogP contribution < -0.4 is 0 Å². The first-order valence-corrected chi connectivity index (χ1v) is 9.30. The highest BCUT2D eigenvalue weighted by molar-refractivity contribution is 8.56. The average molecular weight is 270 g/mol. The van der Waals surface area contributed by atoms with E-state index in [0.717, 1.165) is 29.6 Å². The number of hydrogen-bond donors (Lipinski definition) is 0. The van der Waals surface area contributed by atoms with Crippen LogP contribution in [0, 0.1) is 0 Å². The van der Waals surface area contributed by atoms with Gasteiger partial charge in [-0.15, -0.1) is 0 Å². The zero-order chi connectivity index (χ0) is 11.9. The Morgan fingerprint density at radius 2 is 1.93 bits per heavy atom. The van der Waals surface area contributed by atoms with E-state index in [4.69, 9.17) is 4.52 Å². The number of hydrogen-bond acceptors (Lipinski definition) is 4. The minimum atomic E-state index is -2.89. The van der Waals surface area contributed by atoms with E-state index >= 15 is 0 Å². The molecule has 0 rings (SSSR count). The first kappa shape index (κ1) is 15.4. The van der Waals surface area contributed by atoms with Crippen molar-refractivity contribution >= 4 is 35.0 Å². The van der Waals surface area contributed by atoms with E-state index in [1.54, 1.807) is 6.26 Å². The maximum Gasteiger partial charge on any atom is 0.373 e. The van der Waals surface area contributed by atoms with Gasteiger partial charge in [-0.25, -0.2) is 0 Å². The molecule has 0 spiro atoms. The Bertz CT molecular complexity index is 249. The smallest absolute Gasteiger partial charge is 0.352 e. The highest BCUT2D eigenvalue weighted by atomic mass is 32.7. The first-order valence-electron chi connectivity index (χ1n) is 4.67. The van der Waals surface area contributed by atoms with Gasteiger partial charge >= 0.3 is 6.72 Å². The molecule has 0 aromatic heterocycles. The van der Waals surface area contributed by atoms with Gasteiger partial charge in [-0.3, -0.25) is 4.57 Å². The second-order valence-electron chi connectivity index (χ2n) is 2.59. The van der Waals surface area contributed by atoms with Gasteiger partial charge in [-0.2, -0.15) is 4.76 Å². The molecule has 0 radical (unpaired) electrons. The molecule has 0 saturated carbocycles. The predicted molar refractivity (Wildman–Crippen MR) is 72.0 cm³/mol. The topological polar surface area (TPSA) is 41.9 Å². The van der Waals surface area contributed by atoms with Gasteiger partial charge in [-0.1, -0.05) is 11.8 Å². The average Bonchev–Trinajstić information content (AvgIpc) is 2.29. The van der Waals surface area contributed by atoms with E-state index in [2.05, 4.69) is 9.66 Å². The van der Waals surface area contributed by atoms with E-state index in [-0.39, 0.29) is 0 Å². The molecule has 0 fully saturated rings. The van der Waals surface area contributed by atoms with E-state index in [9.17, 15) is 4.57 Å². The van der Waals surface area contributed by atoms with Crippen molar-refractivity contribution in [2.45, 2.75) is 13.8 Å². The zero-order valence-electron chi connectivity index (χ0n) is 9.89. The van der Waals surface area contributed by atoms with Crippen LogP contribution in [0.2, 0.25) is 0 Å². The van der Waals surface area contributed by atoms with E-state index in [1.165, 1.54) is 18.9 Å². The number of rotatable bonds is 5. The molecular weight excluding hydrogens is 251 g/mol. The normalized spacial score (nSPS) is 16.2.